The summed E-state index contributed by atoms with van der Waals surface area (Å²) in [5.41, 5.74) is 0. The lowest BCUT2D eigenvalue weighted by atomic mass is 10.2. The van der Waals surface area contributed by atoms with E-state index < -0.39 is 0 Å². The van der Waals surface area contributed by atoms with Crippen molar-refractivity contribution in [2.45, 2.75) is 38.6 Å². The highest BCUT2D eigenvalue weighted by Gasteiger charge is 2.05. The summed E-state index contributed by atoms with van der Waals surface area (Å²) in [7, 11) is 0. The first-order valence-electron chi connectivity index (χ1n) is 4.43. The van der Waals surface area contributed by atoms with Crippen molar-refractivity contribution in [3.8, 4) is 6.07 Å². The SMILES string of the molecule is CC(CC#N)NC(=O)CCCCCl. The number of nitriles is 1. The van der Waals surface area contributed by atoms with E-state index in [1.54, 1.807) is 0 Å². The third-order valence-corrected chi connectivity index (χ3v) is 1.86. The lowest BCUT2D eigenvalue weighted by Gasteiger charge is -2.09. The van der Waals surface area contributed by atoms with Gasteiger partial charge < -0.3 is 5.32 Å². The monoisotopic (exact) mass is 202 g/mol. The van der Waals surface area contributed by atoms with Crippen molar-refractivity contribution in [1.29, 1.82) is 5.26 Å². The Hall–Kier alpha value is -0.750. The first-order valence-corrected chi connectivity index (χ1v) is 4.96. The van der Waals surface area contributed by atoms with E-state index in [9.17, 15) is 4.79 Å². The van der Waals surface area contributed by atoms with Crippen molar-refractivity contribution in [3.63, 3.8) is 0 Å². The summed E-state index contributed by atoms with van der Waals surface area (Å²) in [6, 6.07) is 1.96. The Bertz CT molecular complexity index is 189. The quantitative estimate of drug-likeness (QED) is 0.528. The fourth-order valence-electron chi connectivity index (χ4n) is 0.915. The first kappa shape index (κ1) is 12.2. The number of carbonyl (C=O) groups excluding carboxylic acids is 1. The molecule has 0 radical (unpaired) electrons. The van der Waals surface area contributed by atoms with E-state index in [1.165, 1.54) is 0 Å². The second kappa shape index (κ2) is 7.88. The number of rotatable bonds is 6. The molecule has 0 aliphatic heterocycles. The van der Waals surface area contributed by atoms with Crippen LogP contribution in [0.4, 0.5) is 0 Å². The van der Waals surface area contributed by atoms with Crippen molar-refractivity contribution in [2.24, 2.45) is 0 Å². The molecule has 0 heterocycles. The van der Waals surface area contributed by atoms with Crippen LogP contribution >= 0.6 is 11.6 Å². The van der Waals surface area contributed by atoms with Gasteiger partial charge in [0.1, 0.15) is 0 Å². The van der Waals surface area contributed by atoms with Crippen LogP contribution in [0.25, 0.3) is 0 Å². The third kappa shape index (κ3) is 7.61. The van der Waals surface area contributed by atoms with E-state index in [4.69, 9.17) is 16.9 Å². The Morgan fingerprint density at radius 1 is 1.62 bits per heavy atom. The van der Waals surface area contributed by atoms with Gasteiger partial charge >= 0.3 is 0 Å². The molecule has 0 aliphatic rings. The first-order chi connectivity index (χ1) is 6.20. The summed E-state index contributed by atoms with van der Waals surface area (Å²) >= 11 is 5.47. The Morgan fingerprint density at radius 2 is 2.31 bits per heavy atom. The highest BCUT2D eigenvalue weighted by Crippen LogP contribution is 1.98. The summed E-state index contributed by atoms with van der Waals surface area (Å²) in [5.74, 6) is 0.606. The molecule has 0 aliphatic carbocycles. The zero-order valence-corrected chi connectivity index (χ0v) is 8.60. The zero-order valence-electron chi connectivity index (χ0n) is 7.85. The molecule has 0 rings (SSSR count). The average molecular weight is 203 g/mol. The number of alkyl halides is 1. The number of unbranched alkanes of at least 4 members (excludes halogenated alkanes) is 1. The van der Waals surface area contributed by atoms with Crippen molar-refractivity contribution >= 4 is 17.5 Å². The van der Waals surface area contributed by atoms with Crippen molar-refractivity contribution in [1.82, 2.24) is 5.32 Å². The van der Waals surface area contributed by atoms with Crippen LogP contribution in [0.3, 0.4) is 0 Å². The maximum Gasteiger partial charge on any atom is 0.220 e. The highest BCUT2D eigenvalue weighted by molar-refractivity contribution is 6.17. The molecule has 1 amide bonds. The molecule has 0 aromatic carbocycles. The van der Waals surface area contributed by atoms with Gasteiger partial charge in [0.05, 0.1) is 12.5 Å². The van der Waals surface area contributed by atoms with Gasteiger partial charge in [0.15, 0.2) is 0 Å². The van der Waals surface area contributed by atoms with Crippen molar-refractivity contribution in [3.05, 3.63) is 0 Å². The molecule has 13 heavy (non-hydrogen) atoms. The number of halogens is 1. The normalized spacial score (nSPS) is 11.8. The summed E-state index contributed by atoms with van der Waals surface area (Å²) in [6.07, 6.45) is 2.54. The zero-order chi connectivity index (χ0) is 10.1. The molecule has 0 fully saturated rings. The molecular weight excluding hydrogens is 188 g/mol. The summed E-state index contributed by atoms with van der Waals surface area (Å²) in [5, 5.41) is 11.1. The molecule has 4 heteroatoms. The van der Waals surface area contributed by atoms with Crippen LogP contribution < -0.4 is 5.32 Å². The van der Waals surface area contributed by atoms with Crippen molar-refractivity contribution in [2.75, 3.05) is 5.88 Å². The van der Waals surface area contributed by atoms with Crippen LogP contribution in [-0.2, 0) is 4.79 Å². The van der Waals surface area contributed by atoms with Crippen LogP contribution in [0, 0.1) is 11.3 Å². The fourth-order valence-corrected chi connectivity index (χ4v) is 1.10. The molecule has 1 unspecified atom stereocenters. The minimum atomic E-state index is -0.0477. The number of nitrogens with zero attached hydrogens (tertiary/aromatic N) is 1. The predicted molar refractivity (Wildman–Crippen MR) is 52.4 cm³/mol. The Kier molecular flexibility index (Phi) is 7.42. The third-order valence-electron chi connectivity index (χ3n) is 1.59. The van der Waals surface area contributed by atoms with Gasteiger partial charge in [0.2, 0.25) is 5.91 Å². The standard InChI is InChI=1S/C9H15ClN2O/c1-8(5-7-11)12-9(13)4-2-3-6-10/h8H,2-6H2,1H3,(H,12,13). The van der Waals surface area contributed by atoms with Gasteiger partial charge in [0, 0.05) is 18.3 Å². The van der Waals surface area contributed by atoms with Gasteiger partial charge in [0.25, 0.3) is 0 Å². The lowest BCUT2D eigenvalue weighted by molar-refractivity contribution is -0.121. The number of carbonyl (C=O) groups is 1. The molecule has 0 saturated heterocycles. The molecule has 74 valence electrons. The van der Waals surface area contributed by atoms with Gasteiger partial charge in [-0.3, -0.25) is 4.79 Å². The van der Waals surface area contributed by atoms with Gasteiger partial charge in [-0.1, -0.05) is 0 Å². The van der Waals surface area contributed by atoms with Crippen LogP contribution in [-0.4, -0.2) is 17.8 Å². The molecule has 0 aromatic rings. The number of hydrogen-bond acceptors (Lipinski definition) is 2. The Morgan fingerprint density at radius 3 is 2.85 bits per heavy atom. The maximum absolute atomic E-state index is 11.1. The number of hydrogen-bond donors (Lipinski definition) is 1. The van der Waals surface area contributed by atoms with E-state index in [2.05, 4.69) is 5.32 Å². The van der Waals surface area contributed by atoms with E-state index in [0.29, 0.717) is 18.7 Å². The van der Waals surface area contributed by atoms with E-state index >= 15 is 0 Å². The second-order valence-corrected chi connectivity index (χ2v) is 3.35. The second-order valence-electron chi connectivity index (χ2n) is 2.98. The van der Waals surface area contributed by atoms with E-state index in [-0.39, 0.29) is 11.9 Å². The topological polar surface area (TPSA) is 52.9 Å². The Balaban J connectivity index is 3.45. The number of nitrogens with one attached hydrogen (secondary N) is 1. The molecule has 0 saturated carbocycles. The van der Waals surface area contributed by atoms with Gasteiger partial charge in [-0.25, -0.2) is 0 Å². The summed E-state index contributed by atoms with van der Waals surface area (Å²) in [4.78, 5) is 11.1. The average Bonchev–Trinajstić information content (AvgIpc) is 2.05. The number of amides is 1. The largest absolute Gasteiger partial charge is 0.353 e. The minimum Gasteiger partial charge on any atom is -0.353 e. The van der Waals surface area contributed by atoms with E-state index in [1.807, 2.05) is 13.0 Å². The predicted octanol–water partition coefficient (Wildman–Crippen LogP) is 1.81. The summed E-state index contributed by atoms with van der Waals surface area (Å²) < 4.78 is 0. The summed E-state index contributed by atoms with van der Waals surface area (Å²) in [6.45, 7) is 1.82. The molecule has 1 N–H and O–H groups in total. The molecule has 1 atom stereocenters. The van der Waals surface area contributed by atoms with Crippen LogP contribution in [0.15, 0.2) is 0 Å². The van der Waals surface area contributed by atoms with Crippen LogP contribution in [0.1, 0.15) is 32.6 Å². The van der Waals surface area contributed by atoms with E-state index in [0.717, 1.165) is 12.8 Å². The lowest BCUT2D eigenvalue weighted by Crippen LogP contribution is -2.31. The molecule has 0 spiro atoms. The molecule has 0 bridgehead atoms. The molecule has 3 nitrogen and oxygen atoms in total. The Labute approximate surface area is 84.1 Å². The molecular formula is C9H15ClN2O. The highest BCUT2D eigenvalue weighted by atomic mass is 35.5. The van der Waals surface area contributed by atoms with Crippen LogP contribution in [0.2, 0.25) is 0 Å². The van der Waals surface area contributed by atoms with Gasteiger partial charge in [-0.15, -0.1) is 11.6 Å². The maximum atomic E-state index is 11.1. The van der Waals surface area contributed by atoms with Crippen LogP contribution in [0.5, 0.6) is 0 Å². The van der Waals surface area contributed by atoms with Gasteiger partial charge in [-0.05, 0) is 19.8 Å². The van der Waals surface area contributed by atoms with Crippen molar-refractivity contribution < 1.29 is 4.79 Å². The van der Waals surface area contributed by atoms with Gasteiger partial charge in [-0.2, -0.15) is 5.26 Å². The molecule has 0 aromatic heterocycles. The minimum absolute atomic E-state index is 0.00728. The fraction of sp³-hybridized carbons (Fsp3) is 0.778. The smallest absolute Gasteiger partial charge is 0.220 e.